The third kappa shape index (κ3) is 5.72. The van der Waals surface area contributed by atoms with Crippen molar-refractivity contribution in [2.24, 2.45) is 0 Å². The first-order valence-electron chi connectivity index (χ1n) is 8.39. The Labute approximate surface area is 164 Å². The zero-order chi connectivity index (χ0) is 19.2. The Morgan fingerprint density at radius 2 is 1.96 bits per heavy atom. The van der Waals surface area contributed by atoms with Crippen LogP contribution in [0.25, 0.3) is 0 Å². The number of benzene rings is 1. The van der Waals surface area contributed by atoms with E-state index in [4.69, 9.17) is 4.74 Å². The predicted octanol–water partition coefficient (Wildman–Crippen LogP) is 5.83. The molecule has 0 bridgehead atoms. The molecule has 0 atom stereocenters. The van der Waals surface area contributed by atoms with Crippen molar-refractivity contribution in [2.75, 3.05) is 18.6 Å². The first-order chi connectivity index (χ1) is 12.3. The molecule has 0 spiro atoms. The molecule has 0 aliphatic rings. The third-order valence-electron chi connectivity index (χ3n) is 3.78. The molecule has 8 heteroatoms. The molecule has 0 N–H and O–H groups in total. The van der Waals surface area contributed by atoms with Gasteiger partial charge in [-0.2, -0.15) is 18.2 Å². The van der Waals surface area contributed by atoms with E-state index in [0.717, 1.165) is 34.7 Å². The highest BCUT2D eigenvalue weighted by molar-refractivity contribution is 14.1. The van der Waals surface area contributed by atoms with E-state index in [9.17, 15) is 13.2 Å². The zero-order valence-corrected chi connectivity index (χ0v) is 16.8. The van der Waals surface area contributed by atoms with Crippen LogP contribution in [0.1, 0.15) is 38.2 Å². The van der Waals surface area contributed by atoms with Crippen LogP contribution in [-0.4, -0.2) is 23.6 Å². The van der Waals surface area contributed by atoms with Gasteiger partial charge in [-0.25, -0.2) is 4.98 Å². The van der Waals surface area contributed by atoms with Gasteiger partial charge in [0.25, 0.3) is 0 Å². The fraction of sp³-hybridized carbons (Fsp3) is 0.444. The summed E-state index contributed by atoms with van der Waals surface area (Å²) in [7, 11) is 1.71. The number of halogens is 4. The molecule has 0 fully saturated rings. The minimum Gasteiger partial charge on any atom is -0.477 e. The highest BCUT2D eigenvalue weighted by Gasteiger charge is 2.36. The summed E-state index contributed by atoms with van der Waals surface area (Å²) in [5, 5.41) is 0. The van der Waals surface area contributed by atoms with Gasteiger partial charge in [-0.05, 0) is 47.2 Å². The Morgan fingerprint density at radius 1 is 1.19 bits per heavy atom. The van der Waals surface area contributed by atoms with E-state index in [2.05, 4.69) is 39.5 Å². The van der Waals surface area contributed by atoms with Crippen LogP contribution in [0.4, 0.5) is 24.8 Å². The number of alkyl halides is 3. The molecule has 142 valence electrons. The summed E-state index contributed by atoms with van der Waals surface area (Å²) in [4.78, 5) is 9.55. The van der Waals surface area contributed by atoms with Crippen molar-refractivity contribution in [3.05, 3.63) is 39.6 Å². The normalized spacial score (nSPS) is 11.5. The first kappa shape index (κ1) is 20.7. The summed E-state index contributed by atoms with van der Waals surface area (Å²) in [6.07, 6.45) is -0.0898. The number of hydrogen-bond acceptors (Lipinski definition) is 4. The number of ether oxygens (including phenoxy) is 1. The van der Waals surface area contributed by atoms with E-state index in [1.807, 2.05) is 24.3 Å². The predicted molar refractivity (Wildman–Crippen MR) is 104 cm³/mol. The molecule has 0 aliphatic heterocycles. The molecule has 0 radical (unpaired) electrons. The van der Waals surface area contributed by atoms with Crippen molar-refractivity contribution in [1.82, 2.24) is 9.97 Å². The van der Waals surface area contributed by atoms with E-state index < -0.39 is 17.6 Å². The monoisotopic (exact) mass is 479 g/mol. The van der Waals surface area contributed by atoms with Gasteiger partial charge in [0.2, 0.25) is 11.8 Å². The van der Waals surface area contributed by atoms with Gasteiger partial charge in [0, 0.05) is 22.5 Å². The lowest BCUT2D eigenvalue weighted by atomic mass is 10.2. The molecule has 26 heavy (non-hydrogen) atoms. The summed E-state index contributed by atoms with van der Waals surface area (Å²) >= 11 is 2.17. The second-order valence-corrected chi connectivity index (χ2v) is 7.08. The van der Waals surface area contributed by atoms with Gasteiger partial charge in [-0.1, -0.05) is 32.3 Å². The Kier molecular flexibility index (Phi) is 7.48. The topological polar surface area (TPSA) is 38.2 Å². The number of aromatic nitrogens is 2. The fourth-order valence-electron chi connectivity index (χ4n) is 2.32. The summed E-state index contributed by atoms with van der Waals surface area (Å²) in [5.41, 5.74) is -0.168. The van der Waals surface area contributed by atoms with Crippen molar-refractivity contribution < 1.29 is 17.9 Å². The SMILES string of the molecule is CCCCCCOc1nc(N(C)c2cccc(I)c2)ncc1C(F)(F)F. The van der Waals surface area contributed by atoms with Crippen LogP contribution >= 0.6 is 22.6 Å². The highest BCUT2D eigenvalue weighted by Crippen LogP contribution is 2.36. The maximum absolute atomic E-state index is 13.2. The second kappa shape index (κ2) is 9.38. The molecule has 2 aromatic rings. The van der Waals surface area contributed by atoms with Crippen molar-refractivity contribution in [3.8, 4) is 5.88 Å². The molecule has 1 aromatic carbocycles. The maximum Gasteiger partial charge on any atom is 0.423 e. The summed E-state index contributed by atoms with van der Waals surface area (Å²) in [6.45, 7) is 2.27. The maximum atomic E-state index is 13.2. The Bertz CT molecular complexity index is 725. The van der Waals surface area contributed by atoms with Crippen molar-refractivity contribution in [1.29, 1.82) is 0 Å². The molecule has 2 rings (SSSR count). The van der Waals surface area contributed by atoms with Crippen LogP contribution in [0.15, 0.2) is 30.5 Å². The zero-order valence-electron chi connectivity index (χ0n) is 14.7. The van der Waals surface area contributed by atoms with Crippen LogP contribution < -0.4 is 9.64 Å². The van der Waals surface area contributed by atoms with Crippen LogP contribution in [0.5, 0.6) is 5.88 Å². The van der Waals surface area contributed by atoms with Crippen LogP contribution in [-0.2, 0) is 6.18 Å². The van der Waals surface area contributed by atoms with Crippen molar-refractivity contribution >= 4 is 34.2 Å². The van der Waals surface area contributed by atoms with Gasteiger partial charge in [-0.15, -0.1) is 0 Å². The van der Waals surface area contributed by atoms with Gasteiger partial charge in [0.05, 0.1) is 6.61 Å². The lowest BCUT2D eigenvalue weighted by molar-refractivity contribution is -0.139. The molecule has 0 saturated carbocycles. The number of unbranched alkanes of at least 4 members (excludes halogenated alkanes) is 3. The second-order valence-electron chi connectivity index (χ2n) is 5.83. The molecular weight excluding hydrogens is 458 g/mol. The molecule has 1 aromatic heterocycles. The molecule has 0 amide bonds. The standard InChI is InChI=1S/C18H21F3IN3O/c1-3-4-5-6-10-26-16-15(18(19,20)21)12-23-17(24-16)25(2)14-9-7-8-13(22)11-14/h7-9,11-12H,3-6,10H2,1-2H3. The molecule has 4 nitrogen and oxygen atoms in total. The van der Waals surface area contributed by atoms with E-state index in [1.165, 1.54) is 0 Å². The molecule has 0 unspecified atom stereocenters. The quantitative estimate of drug-likeness (QED) is 0.353. The largest absolute Gasteiger partial charge is 0.477 e. The third-order valence-corrected chi connectivity index (χ3v) is 4.45. The first-order valence-corrected chi connectivity index (χ1v) is 9.47. The Morgan fingerprint density at radius 3 is 2.62 bits per heavy atom. The smallest absolute Gasteiger partial charge is 0.423 e. The minimum atomic E-state index is -4.56. The average molecular weight is 479 g/mol. The van der Waals surface area contributed by atoms with Crippen LogP contribution in [0.3, 0.4) is 0 Å². The molecule has 0 aliphatic carbocycles. The van der Waals surface area contributed by atoms with E-state index >= 15 is 0 Å². The molecule has 0 saturated heterocycles. The molecular formula is C18H21F3IN3O. The fourth-order valence-corrected chi connectivity index (χ4v) is 2.85. The molecule has 1 heterocycles. The van der Waals surface area contributed by atoms with Gasteiger partial charge >= 0.3 is 6.18 Å². The van der Waals surface area contributed by atoms with Crippen molar-refractivity contribution in [2.45, 2.75) is 38.8 Å². The van der Waals surface area contributed by atoms with Gasteiger partial charge in [-0.3, -0.25) is 0 Å². The lowest BCUT2D eigenvalue weighted by Gasteiger charge is -2.20. The summed E-state index contributed by atoms with van der Waals surface area (Å²) in [6, 6.07) is 7.53. The minimum absolute atomic E-state index is 0.156. The Hall–Kier alpha value is -1.58. The average Bonchev–Trinajstić information content (AvgIpc) is 2.60. The number of nitrogens with zero attached hydrogens (tertiary/aromatic N) is 3. The lowest BCUT2D eigenvalue weighted by Crippen LogP contribution is -2.17. The van der Waals surface area contributed by atoms with E-state index in [-0.39, 0.29) is 12.6 Å². The van der Waals surface area contributed by atoms with E-state index in [0.29, 0.717) is 6.42 Å². The van der Waals surface area contributed by atoms with E-state index in [1.54, 1.807) is 11.9 Å². The highest BCUT2D eigenvalue weighted by atomic mass is 127. The Balaban J connectivity index is 2.24. The van der Waals surface area contributed by atoms with Crippen LogP contribution in [0, 0.1) is 3.57 Å². The summed E-state index contributed by atoms with van der Waals surface area (Å²) in [5.74, 6) is -0.264. The van der Waals surface area contributed by atoms with Crippen LogP contribution in [0.2, 0.25) is 0 Å². The number of rotatable bonds is 8. The summed E-state index contributed by atoms with van der Waals surface area (Å²) < 4.78 is 46.0. The van der Waals surface area contributed by atoms with Gasteiger partial charge < -0.3 is 9.64 Å². The van der Waals surface area contributed by atoms with Gasteiger partial charge in [0.1, 0.15) is 5.56 Å². The number of anilines is 2. The van der Waals surface area contributed by atoms with Crippen molar-refractivity contribution in [3.63, 3.8) is 0 Å². The number of hydrogen-bond donors (Lipinski definition) is 0. The van der Waals surface area contributed by atoms with Gasteiger partial charge in [0.15, 0.2) is 0 Å².